The van der Waals surface area contributed by atoms with Gasteiger partial charge in [-0.05, 0) is 30.8 Å². The van der Waals surface area contributed by atoms with E-state index >= 15 is 0 Å². The zero-order valence-electron chi connectivity index (χ0n) is 10.9. The molecule has 0 spiro atoms. The number of benzene rings is 2. The van der Waals surface area contributed by atoms with Crippen molar-refractivity contribution in [3.63, 3.8) is 0 Å². The number of hydrogen-bond donors (Lipinski definition) is 2. The molecule has 0 unspecified atom stereocenters. The van der Waals surface area contributed by atoms with E-state index in [2.05, 4.69) is 22.8 Å². The van der Waals surface area contributed by atoms with E-state index in [9.17, 15) is 4.79 Å². The molecule has 3 heteroatoms. The highest BCUT2D eigenvalue weighted by molar-refractivity contribution is 6.02. The van der Waals surface area contributed by atoms with E-state index in [1.54, 1.807) is 0 Å². The van der Waals surface area contributed by atoms with Crippen molar-refractivity contribution in [1.29, 1.82) is 0 Å². The number of nitrogens with one attached hydrogen (secondary N) is 2. The average Bonchev–Trinajstić information content (AvgIpc) is 2.48. The normalized spacial score (nSPS) is 19.3. The summed E-state index contributed by atoms with van der Waals surface area (Å²) in [6, 6.07) is 14.1. The molecular formula is C16H18N2O. The van der Waals surface area contributed by atoms with E-state index in [1.807, 2.05) is 30.3 Å². The lowest BCUT2D eigenvalue weighted by Gasteiger charge is -2.22. The summed E-state index contributed by atoms with van der Waals surface area (Å²) < 4.78 is 0. The van der Waals surface area contributed by atoms with Gasteiger partial charge in [0.2, 0.25) is 5.91 Å². The van der Waals surface area contributed by atoms with Crippen LogP contribution in [0.3, 0.4) is 0 Å². The maximum Gasteiger partial charge on any atom is 0.228 e. The van der Waals surface area contributed by atoms with E-state index in [-0.39, 0.29) is 11.8 Å². The van der Waals surface area contributed by atoms with Crippen LogP contribution < -0.4 is 10.6 Å². The number of carbonyl (C=O) groups excluding carboxylic acids is 1. The van der Waals surface area contributed by atoms with E-state index in [4.69, 9.17) is 0 Å². The minimum Gasteiger partial charge on any atom is -0.325 e. The summed E-state index contributed by atoms with van der Waals surface area (Å²) in [5.41, 5.74) is 0.911. The zero-order chi connectivity index (χ0) is 13.1. The highest BCUT2D eigenvalue weighted by Crippen LogP contribution is 2.24. The topological polar surface area (TPSA) is 41.1 Å². The predicted molar refractivity (Wildman–Crippen MR) is 78.2 cm³/mol. The molecule has 0 aliphatic carbocycles. The second-order valence-corrected chi connectivity index (χ2v) is 5.06. The van der Waals surface area contributed by atoms with Crippen molar-refractivity contribution in [2.24, 2.45) is 5.92 Å². The number of amides is 1. The van der Waals surface area contributed by atoms with E-state index in [0.717, 1.165) is 42.4 Å². The molecule has 3 rings (SSSR count). The molecule has 2 N–H and O–H groups in total. The quantitative estimate of drug-likeness (QED) is 0.865. The zero-order valence-corrected chi connectivity index (χ0v) is 10.9. The van der Waals surface area contributed by atoms with Gasteiger partial charge in [-0.15, -0.1) is 0 Å². The molecule has 1 aliphatic heterocycles. The third-order valence-electron chi connectivity index (χ3n) is 3.72. The Morgan fingerprint density at radius 3 is 2.84 bits per heavy atom. The van der Waals surface area contributed by atoms with Crippen LogP contribution in [0.2, 0.25) is 0 Å². The Bertz CT molecular complexity index is 583. The maximum atomic E-state index is 12.3. The molecule has 0 saturated carbocycles. The van der Waals surface area contributed by atoms with Crippen molar-refractivity contribution in [2.75, 3.05) is 18.4 Å². The smallest absolute Gasteiger partial charge is 0.228 e. The number of hydrogen-bond acceptors (Lipinski definition) is 2. The minimum absolute atomic E-state index is 0.0905. The number of piperidine rings is 1. The number of fused-ring (bicyclic) bond motifs is 1. The van der Waals surface area contributed by atoms with Gasteiger partial charge in [0.05, 0.1) is 5.92 Å². The summed E-state index contributed by atoms with van der Waals surface area (Å²) in [6.07, 6.45) is 2.05. The Hall–Kier alpha value is -1.87. The molecule has 0 radical (unpaired) electrons. The summed E-state index contributed by atoms with van der Waals surface area (Å²) in [4.78, 5) is 12.3. The van der Waals surface area contributed by atoms with Gasteiger partial charge in [0, 0.05) is 17.6 Å². The molecule has 0 aromatic heterocycles. The first-order chi connectivity index (χ1) is 9.34. The highest BCUT2D eigenvalue weighted by Gasteiger charge is 2.21. The average molecular weight is 254 g/mol. The SMILES string of the molecule is O=C(Nc1cccc2ccccc12)[C@@H]1CCCNC1. The number of carbonyl (C=O) groups is 1. The predicted octanol–water partition coefficient (Wildman–Crippen LogP) is 2.78. The van der Waals surface area contributed by atoms with Gasteiger partial charge < -0.3 is 10.6 Å². The second kappa shape index (κ2) is 5.41. The van der Waals surface area contributed by atoms with Crippen LogP contribution in [0.15, 0.2) is 42.5 Å². The van der Waals surface area contributed by atoms with Gasteiger partial charge in [-0.2, -0.15) is 0 Å². The molecule has 1 amide bonds. The minimum atomic E-state index is 0.0905. The lowest BCUT2D eigenvalue weighted by Crippen LogP contribution is -2.37. The van der Waals surface area contributed by atoms with Crippen molar-refractivity contribution in [3.8, 4) is 0 Å². The van der Waals surface area contributed by atoms with Crippen molar-refractivity contribution >= 4 is 22.4 Å². The van der Waals surface area contributed by atoms with Crippen LogP contribution in [0.25, 0.3) is 10.8 Å². The fraction of sp³-hybridized carbons (Fsp3) is 0.312. The van der Waals surface area contributed by atoms with Crippen LogP contribution in [-0.2, 0) is 4.79 Å². The standard InChI is InChI=1S/C16H18N2O/c19-16(13-7-4-10-17-11-13)18-15-9-3-6-12-5-1-2-8-14(12)15/h1-3,5-6,8-9,13,17H,4,7,10-11H2,(H,18,19)/t13-/m1/s1. The molecule has 1 aliphatic rings. The lowest BCUT2D eigenvalue weighted by atomic mass is 9.98. The summed E-state index contributed by atoms with van der Waals surface area (Å²) in [7, 11) is 0. The van der Waals surface area contributed by atoms with Crippen LogP contribution in [-0.4, -0.2) is 19.0 Å². The van der Waals surface area contributed by atoms with E-state index in [1.165, 1.54) is 0 Å². The largest absolute Gasteiger partial charge is 0.325 e. The lowest BCUT2D eigenvalue weighted by molar-refractivity contribution is -0.120. The number of rotatable bonds is 2. The van der Waals surface area contributed by atoms with Crippen molar-refractivity contribution < 1.29 is 4.79 Å². The first kappa shape index (κ1) is 12.2. The first-order valence-electron chi connectivity index (χ1n) is 6.84. The van der Waals surface area contributed by atoms with Crippen molar-refractivity contribution in [2.45, 2.75) is 12.8 Å². The van der Waals surface area contributed by atoms with Crippen LogP contribution in [0.5, 0.6) is 0 Å². The van der Waals surface area contributed by atoms with E-state index < -0.39 is 0 Å². The highest BCUT2D eigenvalue weighted by atomic mass is 16.1. The Kier molecular flexibility index (Phi) is 3.47. The Balaban J connectivity index is 1.82. The molecule has 0 bridgehead atoms. The van der Waals surface area contributed by atoms with Crippen molar-refractivity contribution in [3.05, 3.63) is 42.5 Å². The first-order valence-corrected chi connectivity index (χ1v) is 6.84. The van der Waals surface area contributed by atoms with Gasteiger partial charge in [-0.1, -0.05) is 36.4 Å². The molecule has 1 heterocycles. The summed E-state index contributed by atoms with van der Waals surface area (Å²) in [5, 5.41) is 8.61. The van der Waals surface area contributed by atoms with Crippen LogP contribution in [0.4, 0.5) is 5.69 Å². The van der Waals surface area contributed by atoms with E-state index in [0.29, 0.717) is 0 Å². The summed E-state index contributed by atoms with van der Waals surface area (Å²) >= 11 is 0. The van der Waals surface area contributed by atoms with Crippen LogP contribution in [0, 0.1) is 5.92 Å². The molecule has 2 aromatic carbocycles. The monoisotopic (exact) mass is 254 g/mol. The fourth-order valence-electron chi connectivity index (χ4n) is 2.64. The molecule has 2 aromatic rings. The third-order valence-corrected chi connectivity index (χ3v) is 3.72. The van der Waals surface area contributed by atoms with Crippen LogP contribution in [0.1, 0.15) is 12.8 Å². The van der Waals surface area contributed by atoms with Gasteiger partial charge in [0.15, 0.2) is 0 Å². The molecule has 98 valence electrons. The summed E-state index contributed by atoms with van der Waals surface area (Å²) in [6.45, 7) is 1.81. The number of anilines is 1. The molecule has 1 saturated heterocycles. The van der Waals surface area contributed by atoms with Crippen LogP contribution >= 0.6 is 0 Å². The fourth-order valence-corrected chi connectivity index (χ4v) is 2.64. The van der Waals surface area contributed by atoms with Gasteiger partial charge in [0.1, 0.15) is 0 Å². The van der Waals surface area contributed by atoms with Gasteiger partial charge in [-0.3, -0.25) is 4.79 Å². The Morgan fingerprint density at radius 1 is 1.16 bits per heavy atom. The molecular weight excluding hydrogens is 236 g/mol. The maximum absolute atomic E-state index is 12.3. The van der Waals surface area contributed by atoms with Gasteiger partial charge >= 0.3 is 0 Å². The van der Waals surface area contributed by atoms with Gasteiger partial charge in [-0.25, -0.2) is 0 Å². The Morgan fingerprint density at radius 2 is 2.00 bits per heavy atom. The summed E-state index contributed by atoms with van der Waals surface area (Å²) in [5.74, 6) is 0.219. The second-order valence-electron chi connectivity index (χ2n) is 5.06. The molecule has 1 fully saturated rings. The third kappa shape index (κ3) is 2.61. The molecule has 3 nitrogen and oxygen atoms in total. The molecule has 1 atom stereocenters. The van der Waals surface area contributed by atoms with Crippen molar-refractivity contribution in [1.82, 2.24) is 5.32 Å². The Labute approximate surface area is 113 Å². The molecule has 19 heavy (non-hydrogen) atoms. The van der Waals surface area contributed by atoms with Gasteiger partial charge in [0.25, 0.3) is 0 Å².